The predicted octanol–water partition coefficient (Wildman–Crippen LogP) is 1.94. The number of aryl methyl sites for hydroxylation is 1. The monoisotopic (exact) mass is 269 g/mol. The zero-order valence-electron chi connectivity index (χ0n) is 8.18. The quantitative estimate of drug-likeness (QED) is 0.709. The van der Waals surface area contributed by atoms with Crippen molar-refractivity contribution < 1.29 is 0 Å². The molecule has 0 amide bonds. The number of hydrogen-bond donors (Lipinski definition) is 0. The van der Waals surface area contributed by atoms with Gasteiger partial charge in [0.15, 0.2) is 0 Å². The van der Waals surface area contributed by atoms with E-state index < -0.39 is 21.1 Å². The maximum atomic E-state index is 4.53. The van der Waals surface area contributed by atoms with E-state index in [1.807, 2.05) is 0 Å². The minimum absolute atomic E-state index is 0.487. The fourth-order valence-corrected chi connectivity index (χ4v) is 4.37. The Kier molecular flexibility index (Phi) is 3.15. The van der Waals surface area contributed by atoms with Gasteiger partial charge in [-0.25, -0.2) is 0 Å². The van der Waals surface area contributed by atoms with Crippen LogP contribution in [0, 0.1) is 6.92 Å². The molecule has 0 spiro atoms. The molecule has 2 heteroatoms. The van der Waals surface area contributed by atoms with Crippen molar-refractivity contribution in [2.75, 3.05) is 0 Å². The second-order valence-electron chi connectivity index (χ2n) is 4.04. The Balaban J connectivity index is 2.77. The van der Waals surface area contributed by atoms with Gasteiger partial charge in [0.05, 0.1) is 0 Å². The molecule has 1 aromatic rings. The number of hydrogen-bond acceptors (Lipinski definition) is 1. The van der Waals surface area contributed by atoms with Crippen molar-refractivity contribution in [1.29, 1.82) is 0 Å². The fourth-order valence-electron chi connectivity index (χ4n) is 0.997. The first kappa shape index (κ1) is 10.0. The van der Waals surface area contributed by atoms with Crippen LogP contribution in [0.25, 0.3) is 0 Å². The number of pyridine rings is 1. The Labute approximate surface area is 84.8 Å². The van der Waals surface area contributed by atoms with Crippen molar-refractivity contribution in [2.45, 2.75) is 31.1 Å². The predicted molar refractivity (Wildman–Crippen MR) is 54.1 cm³/mol. The molecule has 0 saturated carbocycles. The molecule has 1 aromatic heterocycles. The van der Waals surface area contributed by atoms with Crippen LogP contribution in [0.4, 0.5) is 0 Å². The van der Waals surface area contributed by atoms with Crippen LogP contribution in [0.2, 0.25) is 3.43 Å². The van der Waals surface area contributed by atoms with E-state index in [1.165, 1.54) is 3.71 Å². The number of rotatable bonds is 1. The topological polar surface area (TPSA) is 12.9 Å². The SMILES string of the molecule is Cc1ccc[c]([Sn][C](C)(C)C)n1. The van der Waals surface area contributed by atoms with Gasteiger partial charge in [0.2, 0.25) is 0 Å². The molecule has 0 aliphatic heterocycles. The van der Waals surface area contributed by atoms with Gasteiger partial charge in [0.25, 0.3) is 0 Å². The summed E-state index contributed by atoms with van der Waals surface area (Å²) in [6, 6.07) is 6.35. The van der Waals surface area contributed by atoms with E-state index in [9.17, 15) is 0 Å². The summed E-state index contributed by atoms with van der Waals surface area (Å²) in [5, 5.41) is 0. The molecule has 1 rings (SSSR count). The van der Waals surface area contributed by atoms with Crippen molar-refractivity contribution in [1.82, 2.24) is 4.98 Å². The average Bonchev–Trinajstić information content (AvgIpc) is 1.82. The van der Waals surface area contributed by atoms with Gasteiger partial charge in [0, 0.05) is 0 Å². The summed E-state index contributed by atoms with van der Waals surface area (Å²) in [5.74, 6) is 0. The summed E-state index contributed by atoms with van der Waals surface area (Å²) in [6.07, 6.45) is 0. The molecule has 2 radical (unpaired) electrons. The normalized spacial score (nSPS) is 11.7. The van der Waals surface area contributed by atoms with E-state index in [4.69, 9.17) is 0 Å². The average molecular weight is 268 g/mol. The maximum absolute atomic E-state index is 4.53. The molecule has 12 heavy (non-hydrogen) atoms. The standard InChI is InChI=1S/C6H6N.C4H9.Sn/c1-6-4-2-3-5-7-6;1-4(2)3;/h2-4H,1H3;1-3H3;. The summed E-state index contributed by atoms with van der Waals surface area (Å²) in [7, 11) is 0. The second kappa shape index (κ2) is 3.77. The van der Waals surface area contributed by atoms with E-state index in [2.05, 4.69) is 50.9 Å². The van der Waals surface area contributed by atoms with Crippen molar-refractivity contribution in [3.8, 4) is 0 Å². The van der Waals surface area contributed by atoms with Gasteiger partial charge in [0.1, 0.15) is 0 Å². The van der Waals surface area contributed by atoms with Crippen LogP contribution in [0.1, 0.15) is 26.5 Å². The van der Waals surface area contributed by atoms with Crippen LogP contribution in [0.3, 0.4) is 0 Å². The Bertz CT molecular complexity index is 263. The summed E-state index contributed by atoms with van der Waals surface area (Å²) in [6.45, 7) is 8.99. The van der Waals surface area contributed by atoms with Crippen molar-refractivity contribution in [3.05, 3.63) is 23.9 Å². The third-order valence-electron chi connectivity index (χ3n) is 1.39. The van der Waals surface area contributed by atoms with Crippen LogP contribution in [0.5, 0.6) is 0 Å². The van der Waals surface area contributed by atoms with Crippen LogP contribution in [-0.2, 0) is 0 Å². The Morgan fingerprint density at radius 1 is 1.25 bits per heavy atom. The van der Waals surface area contributed by atoms with Crippen LogP contribution in [0.15, 0.2) is 18.2 Å². The Hall–Kier alpha value is -0.0513. The Morgan fingerprint density at radius 3 is 2.42 bits per heavy atom. The number of nitrogens with zero attached hydrogens (tertiary/aromatic N) is 1. The first-order chi connectivity index (χ1) is 5.47. The molecule has 0 unspecified atom stereocenters. The van der Waals surface area contributed by atoms with Gasteiger partial charge < -0.3 is 0 Å². The number of aromatic nitrogens is 1. The van der Waals surface area contributed by atoms with Gasteiger partial charge in [-0.2, -0.15) is 0 Å². The second-order valence-corrected chi connectivity index (χ2v) is 10.5. The van der Waals surface area contributed by atoms with E-state index in [-0.39, 0.29) is 0 Å². The molecule has 0 aromatic carbocycles. The molecule has 0 saturated heterocycles. The summed E-state index contributed by atoms with van der Waals surface area (Å²) >= 11 is -0.487. The Morgan fingerprint density at radius 2 is 1.92 bits per heavy atom. The third-order valence-corrected chi connectivity index (χ3v) is 5.06. The molecule has 0 N–H and O–H groups in total. The molecular weight excluding hydrogens is 253 g/mol. The van der Waals surface area contributed by atoms with Gasteiger partial charge >= 0.3 is 84.9 Å². The molecule has 0 atom stereocenters. The molecule has 0 bridgehead atoms. The van der Waals surface area contributed by atoms with Gasteiger partial charge in [-0.3, -0.25) is 0 Å². The van der Waals surface area contributed by atoms with Crippen LogP contribution in [-0.4, -0.2) is 26.1 Å². The van der Waals surface area contributed by atoms with E-state index in [1.54, 1.807) is 0 Å². The summed E-state index contributed by atoms with van der Waals surface area (Å²) in [4.78, 5) is 4.53. The molecule has 64 valence electrons. The third kappa shape index (κ3) is 3.57. The van der Waals surface area contributed by atoms with Crippen molar-refractivity contribution >= 4 is 24.9 Å². The summed E-state index contributed by atoms with van der Waals surface area (Å²) in [5.41, 5.74) is 1.15. The van der Waals surface area contributed by atoms with Crippen LogP contribution >= 0.6 is 0 Å². The van der Waals surface area contributed by atoms with Gasteiger partial charge in [-0.15, -0.1) is 0 Å². The minimum atomic E-state index is -0.487. The molecule has 1 heterocycles. The van der Waals surface area contributed by atoms with Crippen molar-refractivity contribution in [3.63, 3.8) is 0 Å². The first-order valence-corrected chi connectivity index (χ1v) is 7.05. The van der Waals surface area contributed by atoms with E-state index >= 15 is 0 Å². The zero-order chi connectivity index (χ0) is 9.19. The first-order valence-electron chi connectivity index (χ1n) is 4.19. The molecule has 0 aliphatic rings. The van der Waals surface area contributed by atoms with Gasteiger partial charge in [-0.1, -0.05) is 0 Å². The van der Waals surface area contributed by atoms with Gasteiger partial charge in [-0.05, 0) is 0 Å². The molecule has 0 fully saturated rings. The zero-order valence-corrected chi connectivity index (χ0v) is 11.0. The van der Waals surface area contributed by atoms with Crippen LogP contribution < -0.4 is 3.71 Å². The summed E-state index contributed by atoms with van der Waals surface area (Å²) < 4.78 is 1.87. The van der Waals surface area contributed by atoms with E-state index in [0.29, 0.717) is 3.43 Å². The molecular formula is C10H15NSn. The van der Waals surface area contributed by atoms with Crippen molar-refractivity contribution in [2.24, 2.45) is 0 Å². The van der Waals surface area contributed by atoms with E-state index in [0.717, 1.165) is 5.69 Å². The molecule has 0 aliphatic carbocycles. The molecule has 1 nitrogen and oxygen atoms in total. The fraction of sp³-hybridized carbons (Fsp3) is 0.500.